The van der Waals surface area contributed by atoms with Crippen molar-refractivity contribution in [2.24, 2.45) is 0 Å². The van der Waals surface area contributed by atoms with Crippen molar-refractivity contribution in [3.8, 4) is 22.9 Å². The van der Waals surface area contributed by atoms with Crippen molar-refractivity contribution in [1.29, 1.82) is 0 Å². The van der Waals surface area contributed by atoms with Crippen LogP contribution in [0.1, 0.15) is 10.4 Å². The van der Waals surface area contributed by atoms with E-state index in [9.17, 15) is 9.18 Å². The summed E-state index contributed by atoms with van der Waals surface area (Å²) in [6.07, 6.45) is 0. The predicted octanol–water partition coefficient (Wildman–Crippen LogP) is 4.86. The lowest BCUT2D eigenvalue weighted by Crippen LogP contribution is -1.94. The number of hydrogen-bond acceptors (Lipinski definition) is 3. The molecule has 5 nitrogen and oxygen atoms in total. The van der Waals surface area contributed by atoms with Crippen LogP contribution >= 0.6 is 0 Å². The summed E-state index contributed by atoms with van der Waals surface area (Å²) in [5.74, 6) is 0.493. The van der Waals surface area contributed by atoms with Gasteiger partial charge in [-0.2, -0.15) is 0 Å². The third-order valence-corrected chi connectivity index (χ3v) is 3.91. The van der Waals surface area contributed by atoms with E-state index in [2.05, 4.69) is 9.97 Å². The highest BCUT2D eigenvalue weighted by Gasteiger charge is 2.09. The van der Waals surface area contributed by atoms with Crippen molar-refractivity contribution in [3.05, 3.63) is 78.1 Å². The minimum absolute atomic E-state index is 0.193. The molecule has 0 spiro atoms. The number of benzene rings is 3. The topological polar surface area (TPSA) is 75.2 Å². The lowest BCUT2D eigenvalue weighted by Gasteiger charge is -2.06. The van der Waals surface area contributed by atoms with Gasteiger partial charge in [-0.25, -0.2) is 14.2 Å². The van der Waals surface area contributed by atoms with Gasteiger partial charge in [0.25, 0.3) is 0 Å². The Morgan fingerprint density at radius 1 is 0.962 bits per heavy atom. The fourth-order valence-corrected chi connectivity index (χ4v) is 2.60. The number of carboxylic acids is 1. The number of halogens is 1. The van der Waals surface area contributed by atoms with Gasteiger partial charge in [0.1, 0.15) is 23.1 Å². The molecule has 0 atom stereocenters. The highest BCUT2D eigenvalue weighted by Crippen LogP contribution is 2.26. The molecular formula is C20H13FN2O3. The van der Waals surface area contributed by atoms with Crippen molar-refractivity contribution >= 4 is 17.0 Å². The Labute approximate surface area is 147 Å². The molecule has 3 aromatic carbocycles. The molecule has 0 bridgehead atoms. The van der Waals surface area contributed by atoms with E-state index in [4.69, 9.17) is 9.84 Å². The van der Waals surface area contributed by atoms with E-state index >= 15 is 0 Å². The maximum absolute atomic E-state index is 12.9. The number of nitrogens with zero attached hydrogens (tertiary/aromatic N) is 1. The number of fused-ring (bicyclic) bond motifs is 1. The minimum atomic E-state index is -0.987. The zero-order valence-corrected chi connectivity index (χ0v) is 13.4. The van der Waals surface area contributed by atoms with Gasteiger partial charge in [0.15, 0.2) is 0 Å². The van der Waals surface area contributed by atoms with E-state index in [1.165, 1.54) is 24.3 Å². The number of aromatic carboxylic acids is 1. The second-order valence-electron chi connectivity index (χ2n) is 5.70. The molecule has 1 aromatic heterocycles. The highest BCUT2D eigenvalue weighted by atomic mass is 19.1. The van der Waals surface area contributed by atoms with Gasteiger partial charge in [-0.05, 0) is 66.7 Å². The van der Waals surface area contributed by atoms with Gasteiger partial charge in [-0.3, -0.25) is 0 Å². The van der Waals surface area contributed by atoms with Gasteiger partial charge < -0.3 is 14.8 Å². The summed E-state index contributed by atoms with van der Waals surface area (Å²) in [4.78, 5) is 18.7. The number of nitrogens with one attached hydrogen (secondary N) is 1. The number of aromatic nitrogens is 2. The number of H-pyrrole nitrogens is 1. The minimum Gasteiger partial charge on any atom is -0.478 e. The Balaban J connectivity index is 1.59. The van der Waals surface area contributed by atoms with Gasteiger partial charge in [0, 0.05) is 5.56 Å². The number of imidazole rings is 1. The second kappa shape index (κ2) is 6.33. The predicted molar refractivity (Wildman–Crippen MR) is 95.0 cm³/mol. The summed E-state index contributed by atoms with van der Waals surface area (Å²) in [5, 5.41) is 9.06. The lowest BCUT2D eigenvalue weighted by molar-refractivity contribution is 0.0697. The molecule has 128 valence electrons. The summed E-state index contributed by atoms with van der Waals surface area (Å²) in [5.41, 5.74) is 2.38. The number of rotatable bonds is 4. The maximum atomic E-state index is 12.9. The van der Waals surface area contributed by atoms with Crippen LogP contribution in [-0.4, -0.2) is 21.0 Å². The summed E-state index contributed by atoms with van der Waals surface area (Å²) < 4.78 is 18.6. The molecule has 0 aliphatic carbocycles. The van der Waals surface area contributed by atoms with Crippen LogP contribution in [0.15, 0.2) is 66.7 Å². The molecule has 0 saturated carbocycles. The van der Waals surface area contributed by atoms with E-state index in [-0.39, 0.29) is 11.4 Å². The number of aromatic amines is 1. The standard InChI is InChI=1S/C20H13FN2O3/c21-14-4-8-16(9-5-14)26-15-6-1-12(2-7-15)19-22-17-10-3-13(20(24)25)11-18(17)23-19/h1-11H,(H,22,23)(H,24,25). The number of hydrogen-bond donors (Lipinski definition) is 2. The smallest absolute Gasteiger partial charge is 0.335 e. The molecule has 0 aliphatic heterocycles. The summed E-state index contributed by atoms with van der Waals surface area (Å²) in [6.45, 7) is 0. The molecule has 4 rings (SSSR count). The van der Waals surface area contributed by atoms with Gasteiger partial charge in [-0.1, -0.05) is 0 Å². The fourth-order valence-electron chi connectivity index (χ4n) is 2.60. The molecule has 6 heteroatoms. The molecule has 0 radical (unpaired) electrons. The van der Waals surface area contributed by atoms with Gasteiger partial charge in [0.2, 0.25) is 0 Å². The molecule has 0 saturated heterocycles. The third-order valence-electron chi connectivity index (χ3n) is 3.91. The van der Waals surface area contributed by atoms with E-state index in [1.807, 2.05) is 12.1 Å². The Kier molecular flexibility index (Phi) is 3.85. The molecule has 0 amide bonds. The number of carboxylic acid groups (broad SMARTS) is 1. The number of ether oxygens (including phenoxy) is 1. The Morgan fingerprint density at radius 3 is 2.27 bits per heavy atom. The fraction of sp³-hybridized carbons (Fsp3) is 0. The van der Waals surface area contributed by atoms with Crippen LogP contribution in [-0.2, 0) is 0 Å². The first-order chi connectivity index (χ1) is 12.6. The summed E-state index contributed by atoms with van der Waals surface area (Å²) in [6, 6.07) is 17.8. The maximum Gasteiger partial charge on any atom is 0.335 e. The average Bonchev–Trinajstić information content (AvgIpc) is 3.07. The number of carbonyl (C=O) groups is 1. The molecular weight excluding hydrogens is 335 g/mol. The van der Waals surface area contributed by atoms with E-state index in [0.717, 1.165) is 11.1 Å². The normalized spacial score (nSPS) is 10.8. The van der Waals surface area contributed by atoms with E-state index in [0.29, 0.717) is 22.8 Å². The molecule has 1 heterocycles. The molecule has 26 heavy (non-hydrogen) atoms. The van der Waals surface area contributed by atoms with Crippen LogP contribution in [0.5, 0.6) is 11.5 Å². The Bertz CT molecular complexity index is 1090. The van der Waals surface area contributed by atoms with Crippen molar-refractivity contribution < 1.29 is 19.0 Å². The zero-order valence-electron chi connectivity index (χ0n) is 13.4. The quantitative estimate of drug-likeness (QED) is 0.552. The van der Waals surface area contributed by atoms with Crippen molar-refractivity contribution in [3.63, 3.8) is 0 Å². The Hall–Kier alpha value is -3.67. The van der Waals surface area contributed by atoms with Crippen LogP contribution in [0.4, 0.5) is 4.39 Å². The van der Waals surface area contributed by atoms with Crippen LogP contribution in [0.25, 0.3) is 22.4 Å². The van der Waals surface area contributed by atoms with Crippen molar-refractivity contribution in [2.45, 2.75) is 0 Å². The summed E-state index contributed by atoms with van der Waals surface area (Å²) >= 11 is 0. The third kappa shape index (κ3) is 3.12. The molecule has 0 fully saturated rings. The average molecular weight is 348 g/mol. The van der Waals surface area contributed by atoms with Gasteiger partial charge >= 0.3 is 5.97 Å². The largest absolute Gasteiger partial charge is 0.478 e. The van der Waals surface area contributed by atoms with Crippen LogP contribution in [0, 0.1) is 5.82 Å². The van der Waals surface area contributed by atoms with Crippen LogP contribution in [0.3, 0.4) is 0 Å². The Morgan fingerprint density at radius 2 is 1.62 bits per heavy atom. The first kappa shape index (κ1) is 15.8. The van der Waals surface area contributed by atoms with Crippen molar-refractivity contribution in [2.75, 3.05) is 0 Å². The van der Waals surface area contributed by atoms with Crippen LogP contribution < -0.4 is 4.74 Å². The van der Waals surface area contributed by atoms with Gasteiger partial charge in [-0.15, -0.1) is 0 Å². The second-order valence-corrected chi connectivity index (χ2v) is 5.70. The first-order valence-corrected chi connectivity index (χ1v) is 7.85. The van der Waals surface area contributed by atoms with Gasteiger partial charge in [0.05, 0.1) is 16.6 Å². The molecule has 4 aromatic rings. The molecule has 0 unspecified atom stereocenters. The SMILES string of the molecule is O=C(O)c1ccc2[nH]c(-c3ccc(Oc4ccc(F)cc4)cc3)nc2c1. The van der Waals surface area contributed by atoms with Crippen LogP contribution in [0.2, 0.25) is 0 Å². The highest BCUT2D eigenvalue weighted by molar-refractivity contribution is 5.93. The molecule has 0 aliphatic rings. The monoisotopic (exact) mass is 348 g/mol. The van der Waals surface area contributed by atoms with E-state index < -0.39 is 5.97 Å². The van der Waals surface area contributed by atoms with Crippen molar-refractivity contribution in [1.82, 2.24) is 9.97 Å². The van der Waals surface area contributed by atoms with E-state index in [1.54, 1.807) is 30.3 Å². The summed E-state index contributed by atoms with van der Waals surface area (Å²) in [7, 11) is 0. The molecule has 2 N–H and O–H groups in total. The zero-order chi connectivity index (χ0) is 18.1. The lowest BCUT2D eigenvalue weighted by atomic mass is 10.2. The first-order valence-electron chi connectivity index (χ1n) is 7.85.